The highest BCUT2D eigenvalue weighted by Gasteiger charge is 2.18. The molecule has 1 N–H and O–H groups in total. The van der Waals surface area contributed by atoms with Gasteiger partial charge in [0.2, 0.25) is 0 Å². The Labute approximate surface area is 122 Å². The zero-order valence-corrected chi connectivity index (χ0v) is 12.0. The minimum Gasteiger partial charge on any atom is -0.480 e. The van der Waals surface area contributed by atoms with E-state index in [0.29, 0.717) is 13.2 Å². The highest BCUT2D eigenvalue weighted by molar-refractivity contribution is 5.69. The van der Waals surface area contributed by atoms with E-state index in [1.807, 2.05) is 6.92 Å². The summed E-state index contributed by atoms with van der Waals surface area (Å²) in [7, 11) is 1.54. The van der Waals surface area contributed by atoms with E-state index in [9.17, 15) is 13.6 Å². The number of benzene rings is 1. The molecule has 0 saturated carbocycles. The van der Waals surface area contributed by atoms with Crippen LogP contribution >= 0.6 is 0 Å². The van der Waals surface area contributed by atoms with Crippen LogP contribution in [0.3, 0.4) is 0 Å². The molecule has 0 fully saturated rings. The summed E-state index contributed by atoms with van der Waals surface area (Å²) >= 11 is 0. The summed E-state index contributed by atoms with van der Waals surface area (Å²) in [5.41, 5.74) is 0.814. The smallest absolute Gasteiger partial charge is 0.387 e. The minimum absolute atomic E-state index is 0.0719. The van der Waals surface area contributed by atoms with Gasteiger partial charge in [0, 0.05) is 19.7 Å². The highest BCUT2D eigenvalue weighted by Crippen LogP contribution is 2.23. The van der Waals surface area contributed by atoms with Crippen LogP contribution in [0.25, 0.3) is 0 Å². The molecule has 0 aliphatic rings. The maximum Gasteiger partial charge on any atom is 0.387 e. The van der Waals surface area contributed by atoms with E-state index in [-0.39, 0.29) is 18.3 Å². The first-order valence-electron chi connectivity index (χ1n) is 6.43. The normalized spacial score (nSPS) is 12.7. The monoisotopic (exact) mass is 303 g/mol. The van der Waals surface area contributed by atoms with Crippen LogP contribution < -0.4 is 4.74 Å². The number of carboxylic acids is 1. The summed E-state index contributed by atoms with van der Waals surface area (Å²) in [6, 6.07) is 5.98. The largest absolute Gasteiger partial charge is 0.480 e. The Morgan fingerprint density at radius 3 is 2.43 bits per heavy atom. The van der Waals surface area contributed by atoms with E-state index in [2.05, 4.69) is 4.74 Å². The zero-order chi connectivity index (χ0) is 15.8. The maximum absolute atomic E-state index is 12.1. The molecule has 1 atom stereocenters. The van der Waals surface area contributed by atoms with Crippen molar-refractivity contribution in [3.63, 3.8) is 0 Å². The number of carbonyl (C=O) groups is 1. The van der Waals surface area contributed by atoms with Crippen molar-refractivity contribution in [1.82, 2.24) is 4.90 Å². The lowest BCUT2D eigenvalue weighted by atomic mass is 10.1. The molecule has 0 aliphatic heterocycles. The molecule has 0 bridgehead atoms. The van der Waals surface area contributed by atoms with Gasteiger partial charge in [-0.3, -0.25) is 9.69 Å². The fourth-order valence-corrected chi connectivity index (χ4v) is 1.93. The lowest BCUT2D eigenvalue weighted by Gasteiger charge is -2.27. The van der Waals surface area contributed by atoms with Gasteiger partial charge in [0.1, 0.15) is 5.75 Å². The second-order valence-electron chi connectivity index (χ2n) is 4.48. The average molecular weight is 303 g/mol. The second-order valence-corrected chi connectivity index (χ2v) is 4.48. The van der Waals surface area contributed by atoms with Crippen LogP contribution in [0, 0.1) is 0 Å². The molecule has 0 radical (unpaired) electrons. The first kappa shape index (κ1) is 17.3. The Morgan fingerprint density at radius 2 is 1.95 bits per heavy atom. The Balaban J connectivity index is 2.76. The predicted octanol–water partition coefficient (Wildman–Crippen LogP) is 2.38. The first-order valence-corrected chi connectivity index (χ1v) is 6.43. The van der Waals surface area contributed by atoms with Crippen LogP contribution in [0.5, 0.6) is 5.75 Å². The molecule has 7 heteroatoms. The topological polar surface area (TPSA) is 59.0 Å². The lowest BCUT2D eigenvalue weighted by Crippen LogP contribution is -2.35. The Bertz CT molecular complexity index is 439. The molecular formula is C14H19F2NO4. The fourth-order valence-electron chi connectivity index (χ4n) is 1.93. The number of nitrogens with zero attached hydrogens (tertiary/aromatic N) is 1. The van der Waals surface area contributed by atoms with E-state index >= 15 is 0 Å². The van der Waals surface area contributed by atoms with Crippen molar-refractivity contribution in [1.29, 1.82) is 0 Å². The molecule has 1 aromatic rings. The van der Waals surface area contributed by atoms with Crippen LogP contribution in [0.2, 0.25) is 0 Å². The summed E-state index contributed by atoms with van der Waals surface area (Å²) in [6.45, 7) is -0.274. The van der Waals surface area contributed by atoms with Gasteiger partial charge in [-0.05, 0) is 24.6 Å². The van der Waals surface area contributed by atoms with Crippen molar-refractivity contribution >= 4 is 5.97 Å². The van der Waals surface area contributed by atoms with Crippen LogP contribution in [-0.2, 0) is 9.53 Å². The van der Waals surface area contributed by atoms with Crippen molar-refractivity contribution in [2.45, 2.75) is 19.6 Å². The molecule has 0 aromatic heterocycles. The number of carboxylic acid groups (broad SMARTS) is 1. The quantitative estimate of drug-likeness (QED) is 0.759. The number of rotatable bonds is 9. The number of ether oxygens (including phenoxy) is 2. The van der Waals surface area contributed by atoms with Gasteiger partial charge in [-0.2, -0.15) is 8.78 Å². The van der Waals surface area contributed by atoms with E-state index in [1.54, 1.807) is 24.1 Å². The van der Waals surface area contributed by atoms with Gasteiger partial charge in [0.15, 0.2) is 0 Å². The molecule has 1 aromatic carbocycles. The number of hydrogen-bond donors (Lipinski definition) is 1. The number of methoxy groups -OCH3 is 1. The third-order valence-corrected chi connectivity index (χ3v) is 3.06. The summed E-state index contributed by atoms with van der Waals surface area (Å²) < 4.78 is 33.4. The summed E-state index contributed by atoms with van der Waals surface area (Å²) in [4.78, 5) is 12.6. The molecular weight excluding hydrogens is 284 g/mol. The highest BCUT2D eigenvalue weighted by atomic mass is 19.3. The molecule has 1 unspecified atom stereocenters. The van der Waals surface area contributed by atoms with Crippen molar-refractivity contribution in [2.24, 2.45) is 0 Å². The summed E-state index contributed by atoms with van der Waals surface area (Å²) in [5.74, 6) is -0.863. The van der Waals surface area contributed by atoms with Crippen molar-refractivity contribution in [3.05, 3.63) is 29.8 Å². The second kappa shape index (κ2) is 8.53. The maximum atomic E-state index is 12.1. The fraction of sp³-hybridized carbons (Fsp3) is 0.500. The van der Waals surface area contributed by atoms with Crippen LogP contribution in [0.15, 0.2) is 24.3 Å². The zero-order valence-electron chi connectivity index (χ0n) is 12.0. The molecule has 0 heterocycles. The van der Waals surface area contributed by atoms with Crippen molar-refractivity contribution in [2.75, 3.05) is 26.8 Å². The SMILES string of the molecule is COCCN(CC(=O)O)C(C)c1ccc(OC(F)F)cc1. The third kappa shape index (κ3) is 6.05. The first-order chi connectivity index (χ1) is 9.93. The Hall–Kier alpha value is -1.73. The van der Waals surface area contributed by atoms with Gasteiger partial charge in [-0.25, -0.2) is 0 Å². The molecule has 0 aliphatic carbocycles. The van der Waals surface area contributed by atoms with Gasteiger partial charge < -0.3 is 14.6 Å². The van der Waals surface area contributed by atoms with E-state index < -0.39 is 12.6 Å². The van der Waals surface area contributed by atoms with Crippen molar-refractivity contribution < 1.29 is 28.2 Å². The number of halogens is 2. The molecule has 0 saturated heterocycles. The predicted molar refractivity (Wildman–Crippen MR) is 72.6 cm³/mol. The summed E-state index contributed by atoms with van der Waals surface area (Å²) in [6.07, 6.45) is 0. The van der Waals surface area contributed by atoms with E-state index in [4.69, 9.17) is 9.84 Å². The van der Waals surface area contributed by atoms with Gasteiger partial charge >= 0.3 is 12.6 Å². The van der Waals surface area contributed by atoms with Crippen LogP contribution in [0.1, 0.15) is 18.5 Å². The summed E-state index contributed by atoms with van der Waals surface area (Å²) in [5, 5.41) is 8.94. The number of hydrogen-bond acceptors (Lipinski definition) is 4. The van der Waals surface area contributed by atoms with Gasteiger partial charge in [-0.1, -0.05) is 12.1 Å². The standard InChI is InChI=1S/C14H19F2NO4/c1-10(17(7-8-20-2)9-13(18)19)11-3-5-12(6-4-11)21-14(15)16/h3-6,10,14H,7-9H2,1-2H3,(H,18,19). The lowest BCUT2D eigenvalue weighted by molar-refractivity contribution is -0.139. The van der Waals surface area contributed by atoms with Crippen LogP contribution in [0.4, 0.5) is 8.78 Å². The van der Waals surface area contributed by atoms with Crippen LogP contribution in [-0.4, -0.2) is 49.4 Å². The van der Waals surface area contributed by atoms with E-state index in [0.717, 1.165) is 5.56 Å². The van der Waals surface area contributed by atoms with Crippen molar-refractivity contribution in [3.8, 4) is 5.75 Å². The van der Waals surface area contributed by atoms with Gasteiger partial charge in [0.25, 0.3) is 0 Å². The van der Waals surface area contributed by atoms with E-state index in [1.165, 1.54) is 12.1 Å². The molecule has 5 nitrogen and oxygen atoms in total. The number of alkyl halides is 2. The van der Waals surface area contributed by atoms with Gasteiger partial charge in [-0.15, -0.1) is 0 Å². The van der Waals surface area contributed by atoms with Gasteiger partial charge in [0.05, 0.1) is 13.2 Å². The molecule has 1 rings (SSSR count). The Morgan fingerprint density at radius 1 is 1.33 bits per heavy atom. The average Bonchev–Trinajstić information content (AvgIpc) is 2.42. The molecule has 118 valence electrons. The molecule has 0 spiro atoms. The Kier molecular flexibility index (Phi) is 7.04. The third-order valence-electron chi connectivity index (χ3n) is 3.06. The number of aliphatic carboxylic acids is 1. The molecule has 0 amide bonds. The minimum atomic E-state index is -2.86. The molecule has 21 heavy (non-hydrogen) atoms.